The molecule has 0 spiro atoms. The maximum Gasteiger partial charge on any atom is 0.0527 e. The summed E-state index contributed by atoms with van der Waals surface area (Å²) < 4.78 is 0. The van der Waals surface area contributed by atoms with E-state index in [-0.39, 0.29) is 18.6 Å². The van der Waals surface area contributed by atoms with Crippen molar-refractivity contribution in [1.82, 2.24) is 0 Å². The Labute approximate surface area is 90.6 Å². The lowest BCUT2D eigenvalue weighted by Gasteiger charge is -2.13. The largest absolute Gasteiger partial charge is 0.396 e. The third-order valence-corrected chi connectivity index (χ3v) is 3.32. The predicted octanol–water partition coefficient (Wildman–Crippen LogP) is 1.64. The van der Waals surface area contributed by atoms with Gasteiger partial charge in [-0.25, -0.2) is 0 Å². The minimum atomic E-state index is 0.0647. The lowest BCUT2D eigenvalue weighted by molar-refractivity contribution is 0.255. The van der Waals surface area contributed by atoms with Gasteiger partial charge in [0.1, 0.15) is 0 Å². The molecule has 0 heterocycles. The van der Waals surface area contributed by atoms with Crippen molar-refractivity contribution in [2.45, 2.75) is 31.1 Å². The fraction of sp³-hybridized carbons (Fsp3) is 0.538. The van der Waals surface area contributed by atoms with Gasteiger partial charge in [0.25, 0.3) is 0 Å². The highest BCUT2D eigenvalue weighted by Crippen LogP contribution is 2.47. The first-order chi connectivity index (χ1) is 7.30. The van der Waals surface area contributed by atoms with E-state index < -0.39 is 0 Å². The number of rotatable bonds is 5. The minimum absolute atomic E-state index is 0.0647. The summed E-state index contributed by atoms with van der Waals surface area (Å²) in [5.74, 6) is 0. The molecule has 1 aliphatic carbocycles. The fourth-order valence-electron chi connectivity index (χ4n) is 2.03. The summed E-state index contributed by atoms with van der Waals surface area (Å²) in [5.41, 5.74) is 2.59. The summed E-state index contributed by atoms with van der Waals surface area (Å²) >= 11 is 0. The molecule has 0 aliphatic heterocycles. The zero-order valence-corrected chi connectivity index (χ0v) is 8.95. The van der Waals surface area contributed by atoms with E-state index in [0.717, 1.165) is 25.7 Å². The standard InChI is InChI=1S/C13H18O2/c14-8-2-4-11-3-1-5-12(9-11)13(10-15)6-7-13/h1,3,5,9,14-15H,2,4,6-8,10H2. The van der Waals surface area contributed by atoms with E-state index in [2.05, 4.69) is 24.3 Å². The van der Waals surface area contributed by atoms with Crippen LogP contribution in [0.5, 0.6) is 0 Å². The maximum absolute atomic E-state index is 9.34. The molecule has 15 heavy (non-hydrogen) atoms. The second-order valence-electron chi connectivity index (χ2n) is 4.47. The molecule has 1 fully saturated rings. The van der Waals surface area contributed by atoms with Crippen LogP contribution < -0.4 is 0 Å². The van der Waals surface area contributed by atoms with Gasteiger partial charge in [-0.05, 0) is 36.8 Å². The Kier molecular flexibility index (Phi) is 3.08. The zero-order chi connectivity index (χ0) is 10.7. The topological polar surface area (TPSA) is 40.5 Å². The first kappa shape index (κ1) is 10.7. The smallest absolute Gasteiger partial charge is 0.0527 e. The number of benzene rings is 1. The summed E-state index contributed by atoms with van der Waals surface area (Å²) in [5, 5.41) is 18.1. The Hall–Kier alpha value is -0.860. The van der Waals surface area contributed by atoms with Crippen molar-refractivity contribution in [3.8, 4) is 0 Å². The number of hydrogen-bond donors (Lipinski definition) is 2. The summed E-state index contributed by atoms with van der Waals surface area (Å²) in [7, 11) is 0. The van der Waals surface area contributed by atoms with Gasteiger partial charge in [-0.2, -0.15) is 0 Å². The van der Waals surface area contributed by atoms with Crippen molar-refractivity contribution in [3.05, 3.63) is 35.4 Å². The fourth-order valence-corrected chi connectivity index (χ4v) is 2.03. The predicted molar refractivity (Wildman–Crippen MR) is 59.8 cm³/mol. The summed E-state index contributed by atoms with van der Waals surface area (Å²) in [6, 6.07) is 8.43. The molecule has 2 heteroatoms. The first-order valence-corrected chi connectivity index (χ1v) is 5.62. The number of hydrogen-bond acceptors (Lipinski definition) is 2. The molecule has 2 N–H and O–H groups in total. The summed E-state index contributed by atoms with van der Waals surface area (Å²) in [6.07, 6.45) is 3.95. The van der Waals surface area contributed by atoms with Crippen molar-refractivity contribution in [3.63, 3.8) is 0 Å². The molecule has 0 atom stereocenters. The minimum Gasteiger partial charge on any atom is -0.396 e. The highest BCUT2D eigenvalue weighted by atomic mass is 16.3. The number of aryl methyl sites for hydroxylation is 1. The van der Waals surface area contributed by atoms with Crippen LogP contribution in [0, 0.1) is 0 Å². The Balaban J connectivity index is 2.12. The SMILES string of the molecule is OCCCc1cccc(C2(CO)CC2)c1. The van der Waals surface area contributed by atoms with Crippen molar-refractivity contribution in [1.29, 1.82) is 0 Å². The van der Waals surface area contributed by atoms with Crippen molar-refractivity contribution in [2.75, 3.05) is 13.2 Å². The van der Waals surface area contributed by atoms with E-state index in [0.29, 0.717) is 0 Å². The first-order valence-electron chi connectivity index (χ1n) is 5.62. The molecular formula is C13H18O2. The molecule has 2 rings (SSSR count). The van der Waals surface area contributed by atoms with Gasteiger partial charge in [0.2, 0.25) is 0 Å². The Morgan fingerprint density at radius 1 is 1.20 bits per heavy atom. The van der Waals surface area contributed by atoms with E-state index in [1.165, 1.54) is 11.1 Å². The second-order valence-corrected chi connectivity index (χ2v) is 4.47. The van der Waals surface area contributed by atoms with E-state index in [9.17, 15) is 5.11 Å². The molecule has 0 aromatic heterocycles. The zero-order valence-electron chi connectivity index (χ0n) is 8.95. The molecule has 0 saturated heterocycles. The van der Waals surface area contributed by atoms with Crippen LogP contribution in [-0.2, 0) is 11.8 Å². The molecule has 0 radical (unpaired) electrons. The Morgan fingerprint density at radius 3 is 2.60 bits per heavy atom. The van der Waals surface area contributed by atoms with E-state index in [1.807, 2.05) is 0 Å². The maximum atomic E-state index is 9.34. The van der Waals surface area contributed by atoms with E-state index in [1.54, 1.807) is 0 Å². The van der Waals surface area contributed by atoms with Crippen LogP contribution in [0.2, 0.25) is 0 Å². The van der Waals surface area contributed by atoms with Gasteiger partial charge in [0.05, 0.1) is 6.61 Å². The lowest BCUT2D eigenvalue weighted by Crippen LogP contribution is -2.12. The van der Waals surface area contributed by atoms with Crippen LogP contribution >= 0.6 is 0 Å². The second kappa shape index (κ2) is 4.33. The Morgan fingerprint density at radius 2 is 2.00 bits per heavy atom. The number of aliphatic hydroxyl groups excluding tert-OH is 2. The molecule has 0 unspecified atom stereocenters. The van der Waals surface area contributed by atoms with Crippen molar-refractivity contribution in [2.24, 2.45) is 0 Å². The quantitative estimate of drug-likeness (QED) is 0.768. The average Bonchev–Trinajstić information content (AvgIpc) is 3.08. The van der Waals surface area contributed by atoms with Gasteiger partial charge < -0.3 is 10.2 Å². The van der Waals surface area contributed by atoms with Crippen LogP contribution in [-0.4, -0.2) is 23.4 Å². The Bertz CT molecular complexity index is 329. The van der Waals surface area contributed by atoms with Gasteiger partial charge in [-0.3, -0.25) is 0 Å². The monoisotopic (exact) mass is 206 g/mol. The molecule has 0 amide bonds. The summed E-state index contributed by atoms with van der Waals surface area (Å²) in [6.45, 7) is 0.506. The van der Waals surface area contributed by atoms with Crippen LogP contribution in [0.15, 0.2) is 24.3 Å². The molecular weight excluding hydrogens is 188 g/mol. The van der Waals surface area contributed by atoms with Gasteiger partial charge >= 0.3 is 0 Å². The van der Waals surface area contributed by atoms with Crippen LogP contribution in [0.3, 0.4) is 0 Å². The van der Waals surface area contributed by atoms with Crippen LogP contribution in [0.1, 0.15) is 30.4 Å². The van der Waals surface area contributed by atoms with Crippen molar-refractivity contribution < 1.29 is 10.2 Å². The number of aliphatic hydroxyl groups is 2. The van der Waals surface area contributed by atoms with Gasteiger partial charge in [-0.15, -0.1) is 0 Å². The molecule has 82 valence electrons. The van der Waals surface area contributed by atoms with Crippen molar-refractivity contribution >= 4 is 0 Å². The lowest BCUT2D eigenvalue weighted by atomic mass is 9.94. The highest BCUT2D eigenvalue weighted by molar-refractivity contribution is 5.34. The highest BCUT2D eigenvalue weighted by Gasteiger charge is 2.43. The summed E-state index contributed by atoms with van der Waals surface area (Å²) in [4.78, 5) is 0. The molecule has 1 saturated carbocycles. The van der Waals surface area contributed by atoms with Crippen LogP contribution in [0.4, 0.5) is 0 Å². The molecule has 1 aromatic carbocycles. The molecule has 1 aliphatic rings. The normalized spacial score (nSPS) is 17.7. The van der Waals surface area contributed by atoms with E-state index >= 15 is 0 Å². The third kappa shape index (κ3) is 2.21. The molecule has 2 nitrogen and oxygen atoms in total. The van der Waals surface area contributed by atoms with E-state index in [4.69, 9.17) is 5.11 Å². The van der Waals surface area contributed by atoms with Gasteiger partial charge in [-0.1, -0.05) is 24.3 Å². The molecule has 1 aromatic rings. The average molecular weight is 206 g/mol. The third-order valence-electron chi connectivity index (χ3n) is 3.32. The van der Waals surface area contributed by atoms with Gasteiger partial charge in [0, 0.05) is 12.0 Å². The van der Waals surface area contributed by atoms with Crippen LogP contribution in [0.25, 0.3) is 0 Å². The van der Waals surface area contributed by atoms with Gasteiger partial charge in [0.15, 0.2) is 0 Å². The molecule has 0 bridgehead atoms.